The van der Waals surface area contributed by atoms with Crippen molar-refractivity contribution >= 4 is 7.85 Å². The Kier molecular flexibility index (Phi) is 9.80. The molecule has 23 valence electrons. The Bertz CT molecular complexity index is 11.6. The molecule has 0 saturated heterocycles. The molecule has 0 amide bonds. The predicted molar refractivity (Wildman–Crippen MR) is 19.0 cm³/mol. The van der Waals surface area contributed by atoms with Crippen LogP contribution in [0.4, 0.5) is 0 Å². The van der Waals surface area contributed by atoms with Gasteiger partial charge in [0.25, 0.3) is 0 Å². The van der Waals surface area contributed by atoms with E-state index in [0.717, 1.165) is 0 Å². The van der Waals surface area contributed by atoms with Crippen LogP contribution < -0.4 is 0 Å². The Labute approximate surface area is 60.0 Å². The van der Waals surface area contributed by atoms with Crippen LogP contribution in [-0.4, -0.2) is 7.85 Å². The first kappa shape index (κ1) is 9.48. The standard InChI is InChI=1S/C3H4B.Y/c1-3(2)4;/h1H,2H3;/q-1;. The fraction of sp³-hybridized carbons (Fsp3) is 0.333. The average molecular weight is 140 g/mol. The third-order valence-corrected chi connectivity index (χ3v) is 0. The van der Waals surface area contributed by atoms with Crippen LogP contribution >= 0.6 is 0 Å². The van der Waals surface area contributed by atoms with E-state index in [1.807, 2.05) is 0 Å². The Morgan fingerprint density at radius 1 is 1.80 bits per heavy atom. The summed E-state index contributed by atoms with van der Waals surface area (Å²) in [7, 11) is 4.81. The van der Waals surface area contributed by atoms with E-state index >= 15 is 0 Å². The van der Waals surface area contributed by atoms with Gasteiger partial charge >= 0.3 is 0 Å². The summed E-state index contributed by atoms with van der Waals surface area (Å²) in [6, 6.07) is 0. The minimum Gasteiger partial charge on any atom is -0.357 e. The van der Waals surface area contributed by atoms with Gasteiger partial charge in [0, 0.05) is 32.7 Å². The van der Waals surface area contributed by atoms with Crippen molar-refractivity contribution in [3.63, 3.8) is 0 Å². The van der Waals surface area contributed by atoms with Crippen molar-refractivity contribution in [3.8, 4) is 0 Å². The molecule has 5 radical (unpaired) electrons. The van der Waals surface area contributed by atoms with Crippen LogP contribution in [0.25, 0.3) is 0 Å². The molecule has 0 aliphatic heterocycles. The van der Waals surface area contributed by atoms with Gasteiger partial charge < -0.3 is 5.82 Å². The normalized spacial score (nSPS) is 7.00. The van der Waals surface area contributed by atoms with Crippen LogP contribution in [-0.2, 0) is 32.7 Å². The molecule has 2 heteroatoms. The maximum Gasteiger partial charge on any atom is 0 e. The molecule has 0 aliphatic rings. The van der Waals surface area contributed by atoms with Crippen molar-refractivity contribution in [1.82, 2.24) is 0 Å². The SMILES string of the molecule is [B][C-]([CH])C.[Y]. The molecule has 0 atom stereocenters. The fourth-order valence-electron chi connectivity index (χ4n) is 0. The van der Waals surface area contributed by atoms with E-state index in [0.29, 0.717) is 5.82 Å². The summed E-state index contributed by atoms with van der Waals surface area (Å²) in [5.41, 5.74) is 0. The third-order valence-electron chi connectivity index (χ3n) is 0. The molecule has 0 aromatic carbocycles. The molecule has 0 spiro atoms. The van der Waals surface area contributed by atoms with Gasteiger partial charge in [0.05, 0.1) is 0 Å². The van der Waals surface area contributed by atoms with Gasteiger partial charge in [0.15, 0.2) is 0 Å². The molecular weight excluding hydrogens is 136 g/mol. The summed E-state index contributed by atoms with van der Waals surface area (Å²) in [6.45, 7) is 6.44. The van der Waals surface area contributed by atoms with Crippen LogP contribution in [0.5, 0.6) is 0 Å². The fourth-order valence-corrected chi connectivity index (χ4v) is 0. The molecule has 0 unspecified atom stereocenters. The number of hydrogen-bond acceptors (Lipinski definition) is 0. The summed E-state index contributed by atoms with van der Waals surface area (Å²) < 4.78 is 0. The monoisotopic (exact) mass is 140 g/mol. The van der Waals surface area contributed by atoms with Crippen molar-refractivity contribution in [2.24, 2.45) is 0 Å². The quantitative estimate of drug-likeness (QED) is 0.337. The second kappa shape index (κ2) is 5.17. The van der Waals surface area contributed by atoms with E-state index in [1.54, 1.807) is 6.92 Å². The molecule has 0 nitrogen and oxygen atoms in total. The van der Waals surface area contributed by atoms with Gasteiger partial charge in [0.1, 0.15) is 0 Å². The average Bonchev–Trinajstić information content (AvgIpc) is 0.811. The van der Waals surface area contributed by atoms with Gasteiger partial charge in [0.2, 0.25) is 0 Å². The third kappa shape index (κ3) is 38.0. The summed E-state index contributed by atoms with van der Waals surface area (Å²) in [6.07, 6.45) is 0. The number of rotatable bonds is 0. The van der Waals surface area contributed by atoms with Gasteiger partial charge in [-0.05, 0) is 0 Å². The van der Waals surface area contributed by atoms with Crippen molar-refractivity contribution < 1.29 is 32.7 Å². The van der Waals surface area contributed by atoms with Crippen molar-refractivity contribution in [1.29, 1.82) is 0 Å². The second-order valence-electron chi connectivity index (χ2n) is 0.744. The largest absolute Gasteiger partial charge is 0.357 e. The van der Waals surface area contributed by atoms with Gasteiger partial charge in [-0.1, -0.05) is 0 Å². The van der Waals surface area contributed by atoms with Gasteiger partial charge in [-0.3, -0.25) is 0 Å². The zero-order valence-corrected chi connectivity index (χ0v) is 6.07. The molecule has 0 aromatic rings. The van der Waals surface area contributed by atoms with E-state index in [2.05, 4.69) is 0 Å². The molecule has 0 N–H and O–H groups in total. The van der Waals surface area contributed by atoms with Crippen molar-refractivity contribution in [2.75, 3.05) is 0 Å². The van der Waals surface area contributed by atoms with E-state index in [-0.39, 0.29) is 32.7 Å². The van der Waals surface area contributed by atoms with Crippen LogP contribution in [0.1, 0.15) is 6.92 Å². The Morgan fingerprint density at radius 3 is 1.80 bits per heavy atom. The predicted octanol–water partition coefficient (Wildman–Crippen LogP) is 0.415. The zero-order chi connectivity index (χ0) is 3.58. The topological polar surface area (TPSA) is 0 Å². The van der Waals surface area contributed by atoms with E-state index in [1.165, 1.54) is 0 Å². The van der Waals surface area contributed by atoms with Crippen molar-refractivity contribution in [3.05, 3.63) is 12.7 Å². The first-order valence-corrected chi connectivity index (χ1v) is 1.08. The zero-order valence-electron chi connectivity index (χ0n) is 3.23. The van der Waals surface area contributed by atoms with Crippen LogP contribution in [0.2, 0.25) is 0 Å². The summed E-state index contributed by atoms with van der Waals surface area (Å²) >= 11 is 0. The Morgan fingerprint density at radius 2 is 1.80 bits per heavy atom. The maximum atomic E-state index is 4.81. The van der Waals surface area contributed by atoms with Crippen LogP contribution in [0.3, 0.4) is 0 Å². The summed E-state index contributed by atoms with van der Waals surface area (Å²) in [5.74, 6) is 0.417. The summed E-state index contributed by atoms with van der Waals surface area (Å²) in [4.78, 5) is 0. The number of hydrogen-bond donors (Lipinski definition) is 0. The summed E-state index contributed by atoms with van der Waals surface area (Å²) in [5, 5.41) is 0. The first-order chi connectivity index (χ1) is 1.73. The smallest absolute Gasteiger partial charge is 0 e. The molecule has 0 saturated carbocycles. The van der Waals surface area contributed by atoms with Gasteiger partial charge in [-0.25, -0.2) is 6.92 Å². The second-order valence-corrected chi connectivity index (χ2v) is 0.744. The molecule has 0 bridgehead atoms. The molecule has 0 heterocycles. The van der Waals surface area contributed by atoms with Gasteiger partial charge in [-0.15, -0.1) is 0 Å². The Balaban J connectivity index is 0. The van der Waals surface area contributed by atoms with Crippen LogP contribution in [0.15, 0.2) is 0 Å². The first-order valence-electron chi connectivity index (χ1n) is 1.08. The maximum absolute atomic E-state index is 4.81. The van der Waals surface area contributed by atoms with Gasteiger partial charge in [-0.2, -0.15) is 14.8 Å². The molecule has 0 fully saturated rings. The molecule has 0 aliphatic carbocycles. The molecule has 0 aromatic heterocycles. The van der Waals surface area contributed by atoms with Crippen molar-refractivity contribution in [2.45, 2.75) is 6.92 Å². The van der Waals surface area contributed by atoms with E-state index in [4.69, 9.17) is 14.8 Å². The minimum absolute atomic E-state index is 0. The van der Waals surface area contributed by atoms with E-state index in [9.17, 15) is 0 Å². The Hall–Kier alpha value is 1.17. The molecular formula is C3H4BY-. The minimum atomic E-state index is 0. The van der Waals surface area contributed by atoms with Crippen LogP contribution in [0, 0.1) is 12.7 Å². The van der Waals surface area contributed by atoms with E-state index < -0.39 is 0 Å². The molecule has 0 rings (SSSR count). The molecule has 5 heavy (non-hydrogen) atoms.